The van der Waals surface area contributed by atoms with Crippen LogP contribution in [0, 0.1) is 7.43 Å². The van der Waals surface area contributed by atoms with Gasteiger partial charge < -0.3 is 7.43 Å². The third kappa shape index (κ3) is 24.7. The van der Waals surface area contributed by atoms with Gasteiger partial charge in [-0.05, 0) is 0 Å². The Bertz CT molecular complexity index is 121. The van der Waals surface area contributed by atoms with Gasteiger partial charge in [0.05, 0.1) is 0 Å². The minimum atomic E-state index is -3.28. The fourth-order valence-corrected chi connectivity index (χ4v) is 0.321. The fraction of sp³-hybridized carbons (Fsp3) is 0. The molecule has 0 amide bonds. The van der Waals surface area contributed by atoms with E-state index in [9.17, 15) is 0 Å². The first-order chi connectivity index (χ1) is 4.50. The molecule has 5 heteroatoms. The van der Waals surface area contributed by atoms with Gasteiger partial charge in [0.25, 0.3) is 0 Å². The van der Waals surface area contributed by atoms with Gasteiger partial charge in [-0.1, -0.05) is 0 Å². The summed E-state index contributed by atoms with van der Waals surface area (Å²) in [6.07, 6.45) is 0. The Labute approximate surface area is 86.7 Å². The molecule has 0 aliphatic carbocycles. The maximum absolute atomic E-state index is 5.03. The molecule has 0 aromatic heterocycles. The Hall–Kier alpha value is 1.20. The zero-order valence-corrected chi connectivity index (χ0v) is 11.8. The molecule has 0 saturated carbocycles. The van der Waals surface area contributed by atoms with Gasteiger partial charge in [-0.2, -0.15) is 18.2 Å². The Morgan fingerprint density at radius 2 is 1.18 bits per heavy atom. The monoisotopic (exact) mass is 404 g/mol. The van der Waals surface area contributed by atoms with E-state index in [0.29, 0.717) is 0 Å². The third-order valence-electron chi connectivity index (χ3n) is 0.556. The van der Waals surface area contributed by atoms with Gasteiger partial charge in [0.15, 0.2) is 0 Å². The van der Waals surface area contributed by atoms with Crippen molar-refractivity contribution in [2.24, 2.45) is 0 Å². The number of rotatable bonds is 0. The van der Waals surface area contributed by atoms with Crippen LogP contribution in [0.4, 0.5) is 0 Å². The Kier molecular flexibility index (Phi) is 10.5. The second kappa shape index (κ2) is 7.83. The molecule has 1 aromatic carbocycles. The molecule has 0 atom stereocenters. The van der Waals surface area contributed by atoms with Crippen LogP contribution in [0.25, 0.3) is 0 Å². The van der Waals surface area contributed by atoms with Crippen LogP contribution < -0.4 is 0 Å². The summed E-state index contributed by atoms with van der Waals surface area (Å²) in [5.41, 5.74) is 0. The smallest absolute Gasteiger partial charge is 0.172 e. The molecule has 0 unspecified atom stereocenters. The molecule has 0 heterocycles. The quantitative estimate of drug-likeness (QED) is 0.553. The molecule has 0 fully saturated rings. The second-order valence-corrected chi connectivity index (χ2v) is 26.7. The van der Waals surface area contributed by atoms with Gasteiger partial charge in [-0.25, -0.2) is 12.1 Å². The average molecular weight is 406 g/mol. The van der Waals surface area contributed by atoms with E-state index in [1.54, 1.807) is 0 Å². The normalized spacial score (nSPS) is 10.5. The first-order valence-corrected chi connectivity index (χ1v) is 16.8. The third-order valence-corrected chi connectivity index (χ3v) is 0.556. The molecule has 68 valence electrons. The molecule has 0 N–H and O–H groups in total. The van der Waals surface area contributed by atoms with Crippen molar-refractivity contribution in [1.82, 2.24) is 0 Å². The summed E-state index contributed by atoms with van der Waals surface area (Å²) < 4.78 is 0. The van der Waals surface area contributed by atoms with Crippen molar-refractivity contribution in [3.63, 3.8) is 0 Å². The van der Waals surface area contributed by atoms with E-state index in [-0.39, 0.29) is 7.43 Å². The van der Waals surface area contributed by atoms with Crippen LogP contribution in [0.15, 0.2) is 30.3 Å². The molecular weight excluding hydrogens is 398 g/mol. The van der Waals surface area contributed by atoms with E-state index in [1.165, 1.54) is 0 Å². The molecule has 0 aliphatic heterocycles. The van der Waals surface area contributed by atoms with Crippen molar-refractivity contribution >= 4 is 37.7 Å². The van der Waals surface area contributed by atoms with Crippen LogP contribution in [0.1, 0.15) is 0 Å². The minimum Gasteiger partial charge on any atom is -0.214 e. The zero-order valence-electron chi connectivity index (χ0n) is 5.81. The van der Waals surface area contributed by atoms with Crippen molar-refractivity contribution < 1.29 is 11.9 Å². The summed E-state index contributed by atoms with van der Waals surface area (Å²) >= 11 is -3.28. The van der Waals surface area contributed by atoms with Crippen LogP contribution >= 0.6 is 37.7 Å². The van der Waals surface area contributed by atoms with Gasteiger partial charge in [-0.3, -0.25) is 0 Å². The van der Waals surface area contributed by atoms with Gasteiger partial charge in [0.2, 0.25) is 0 Å². The first-order valence-electron chi connectivity index (χ1n) is 2.28. The SMILES string of the molecule is [CH3-].[Cl][W]([Cl])([Cl])[Cl].c1cc[cH-]c1. The van der Waals surface area contributed by atoms with Gasteiger partial charge in [-0.15, -0.1) is 0 Å². The molecule has 0 aliphatic rings. The second-order valence-electron chi connectivity index (χ2n) is 1.31. The zero-order chi connectivity index (χ0) is 8.04. The molecular formula is C6H8Cl4W-2. The molecule has 1 aromatic rings. The molecule has 0 bridgehead atoms. The maximum atomic E-state index is 5.03. The predicted octanol–water partition coefficient (Wildman–Crippen LogP) is 4.61. The van der Waals surface area contributed by atoms with Crippen LogP contribution in [0.3, 0.4) is 0 Å². The van der Waals surface area contributed by atoms with Crippen LogP contribution in [-0.2, 0) is 11.9 Å². The number of hydrogen-bond donors (Lipinski definition) is 0. The number of hydrogen-bond acceptors (Lipinski definition) is 0. The van der Waals surface area contributed by atoms with Gasteiger partial charge in [0.1, 0.15) is 0 Å². The Balaban J connectivity index is 0. The summed E-state index contributed by atoms with van der Waals surface area (Å²) in [6, 6.07) is 10.0. The van der Waals surface area contributed by atoms with Crippen molar-refractivity contribution in [2.45, 2.75) is 0 Å². The largest absolute Gasteiger partial charge is 0.214 e. The maximum Gasteiger partial charge on any atom is -0.172 e. The molecule has 0 radical (unpaired) electrons. The average Bonchev–Trinajstić information content (AvgIpc) is 2.07. The van der Waals surface area contributed by atoms with Gasteiger partial charge >= 0.3 is 49.6 Å². The van der Waals surface area contributed by atoms with E-state index in [1.807, 2.05) is 30.3 Å². The standard InChI is InChI=1S/C5H5.CH3.4ClH.W/c1-2-4-5-3-1;;;;;;/h1-5H;1H3;4*1H;/q2*-1;;;;;+4/p-4. The van der Waals surface area contributed by atoms with Crippen molar-refractivity contribution in [1.29, 1.82) is 0 Å². The predicted molar refractivity (Wildman–Crippen MR) is 51.9 cm³/mol. The van der Waals surface area contributed by atoms with Crippen LogP contribution in [0.2, 0.25) is 0 Å². The molecule has 11 heavy (non-hydrogen) atoms. The fourth-order valence-electron chi connectivity index (χ4n) is 0.321. The van der Waals surface area contributed by atoms with Crippen LogP contribution in [0.5, 0.6) is 0 Å². The van der Waals surface area contributed by atoms with Crippen molar-refractivity contribution in [3.05, 3.63) is 37.8 Å². The Morgan fingerprint density at radius 1 is 0.909 bits per heavy atom. The van der Waals surface area contributed by atoms with Crippen molar-refractivity contribution in [2.75, 3.05) is 0 Å². The molecule has 0 saturated heterocycles. The van der Waals surface area contributed by atoms with Gasteiger partial charge in [0, 0.05) is 0 Å². The summed E-state index contributed by atoms with van der Waals surface area (Å²) in [4.78, 5) is 0. The Morgan fingerprint density at radius 3 is 1.27 bits per heavy atom. The summed E-state index contributed by atoms with van der Waals surface area (Å²) in [6.45, 7) is 0. The molecule has 0 spiro atoms. The summed E-state index contributed by atoms with van der Waals surface area (Å²) in [5.74, 6) is 0. The van der Waals surface area contributed by atoms with Crippen LogP contribution in [-0.4, -0.2) is 0 Å². The van der Waals surface area contributed by atoms with E-state index in [0.717, 1.165) is 0 Å². The minimum absolute atomic E-state index is 0. The summed E-state index contributed by atoms with van der Waals surface area (Å²) in [7, 11) is 20.1. The first kappa shape index (κ1) is 14.7. The van der Waals surface area contributed by atoms with E-state index in [4.69, 9.17) is 37.7 Å². The van der Waals surface area contributed by atoms with E-state index in [2.05, 4.69) is 0 Å². The topological polar surface area (TPSA) is 0 Å². The molecule has 1 rings (SSSR count). The van der Waals surface area contributed by atoms with E-state index < -0.39 is 11.9 Å². The summed E-state index contributed by atoms with van der Waals surface area (Å²) in [5, 5.41) is 0. The van der Waals surface area contributed by atoms with Crippen molar-refractivity contribution in [3.8, 4) is 0 Å². The number of halogens is 4. The van der Waals surface area contributed by atoms with E-state index >= 15 is 0 Å². The molecule has 0 nitrogen and oxygen atoms in total.